The smallest absolute Gasteiger partial charge is 0.230 e. The van der Waals surface area contributed by atoms with Gasteiger partial charge in [-0.1, -0.05) is 6.92 Å². The summed E-state index contributed by atoms with van der Waals surface area (Å²) >= 11 is 0. The highest BCUT2D eigenvalue weighted by Crippen LogP contribution is 2.64. The van der Waals surface area contributed by atoms with Crippen LogP contribution in [0.2, 0.25) is 0 Å². The van der Waals surface area contributed by atoms with Gasteiger partial charge in [0.1, 0.15) is 6.07 Å². The Kier molecular flexibility index (Phi) is 6.44. The number of nitrogens with one attached hydrogen (secondary N) is 1. The van der Waals surface area contributed by atoms with Crippen molar-refractivity contribution < 1.29 is 9.53 Å². The minimum absolute atomic E-state index is 0.0299. The van der Waals surface area contributed by atoms with Crippen molar-refractivity contribution in [2.45, 2.75) is 71.6 Å². The van der Waals surface area contributed by atoms with Crippen molar-refractivity contribution in [3.63, 3.8) is 0 Å². The number of anilines is 1. The summed E-state index contributed by atoms with van der Waals surface area (Å²) in [7, 11) is 0. The van der Waals surface area contributed by atoms with Crippen molar-refractivity contribution in [2.75, 3.05) is 18.5 Å². The molecule has 33 heavy (non-hydrogen) atoms. The monoisotopic (exact) mass is 450 g/mol. The average Bonchev–Trinajstić information content (AvgIpc) is 3.20. The molecular formula is C27H38N4O2. The molecule has 8 unspecified atom stereocenters. The van der Waals surface area contributed by atoms with E-state index in [1.54, 1.807) is 0 Å². The van der Waals surface area contributed by atoms with Crippen LogP contribution in [0.25, 0.3) is 0 Å². The van der Waals surface area contributed by atoms with Gasteiger partial charge in [-0.3, -0.25) is 10.1 Å². The van der Waals surface area contributed by atoms with Crippen LogP contribution in [0.4, 0.5) is 5.95 Å². The molecule has 0 aromatic carbocycles. The van der Waals surface area contributed by atoms with Crippen molar-refractivity contribution in [3.05, 3.63) is 18.0 Å². The third-order valence-electron chi connectivity index (χ3n) is 9.95. The van der Waals surface area contributed by atoms with E-state index in [9.17, 15) is 4.79 Å². The lowest BCUT2D eigenvalue weighted by Crippen LogP contribution is -2.50. The second-order valence-corrected chi connectivity index (χ2v) is 11.3. The first-order chi connectivity index (χ1) is 16.0. The number of aromatic nitrogens is 2. The van der Waals surface area contributed by atoms with E-state index >= 15 is 0 Å². The number of fused-ring (bicyclic) bond motifs is 5. The number of amides is 1. The fourth-order valence-corrected chi connectivity index (χ4v) is 8.46. The third-order valence-corrected chi connectivity index (χ3v) is 9.95. The molecule has 8 atom stereocenters. The highest BCUT2D eigenvalue weighted by atomic mass is 16.5. The number of ether oxygens (including phenoxy) is 1. The molecule has 1 heterocycles. The van der Waals surface area contributed by atoms with Gasteiger partial charge < -0.3 is 4.74 Å². The Bertz CT molecular complexity index is 896. The van der Waals surface area contributed by atoms with E-state index in [1.807, 2.05) is 6.07 Å². The van der Waals surface area contributed by atoms with E-state index in [1.165, 1.54) is 57.3 Å². The lowest BCUT2D eigenvalue weighted by atomic mass is 9.49. The predicted octanol–water partition coefficient (Wildman–Crippen LogP) is 5.21. The van der Waals surface area contributed by atoms with Crippen LogP contribution in [0.1, 0.15) is 77.2 Å². The number of carbonyl (C=O) groups is 1. The molecule has 1 amide bonds. The molecule has 1 N–H and O–H groups in total. The minimum atomic E-state index is 0.0299. The molecule has 6 heteroatoms. The maximum absolute atomic E-state index is 13.3. The molecule has 178 valence electrons. The molecule has 0 aliphatic heterocycles. The van der Waals surface area contributed by atoms with E-state index < -0.39 is 0 Å². The van der Waals surface area contributed by atoms with Gasteiger partial charge in [-0.05, 0) is 106 Å². The Morgan fingerprint density at radius 1 is 1.12 bits per heavy atom. The second kappa shape index (κ2) is 9.33. The van der Waals surface area contributed by atoms with Gasteiger partial charge in [-0.25, -0.2) is 9.97 Å². The van der Waals surface area contributed by atoms with E-state index in [0.29, 0.717) is 17.4 Å². The SMILES string of the molecule is CCOCC1CCC2C(CCC3C2CCC2(C)C(C(=O)Nc4ncc(C#N)cn4)CCC32)C1. The molecule has 4 aliphatic rings. The number of carbonyl (C=O) groups excluding carboxylic acids is 1. The highest BCUT2D eigenvalue weighted by Gasteiger charge is 2.58. The van der Waals surface area contributed by atoms with E-state index in [-0.39, 0.29) is 17.2 Å². The zero-order chi connectivity index (χ0) is 23.0. The molecule has 1 aromatic rings. The van der Waals surface area contributed by atoms with Gasteiger partial charge in [0, 0.05) is 19.1 Å². The first-order valence-corrected chi connectivity index (χ1v) is 13.1. The average molecular weight is 451 g/mol. The molecule has 6 nitrogen and oxygen atoms in total. The van der Waals surface area contributed by atoms with Crippen LogP contribution >= 0.6 is 0 Å². The van der Waals surface area contributed by atoms with Crippen molar-refractivity contribution in [2.24, 2.45) is 46.8 Å². The van der Waals surface area contributed by atoms with Crippen LogP contribution in [0, 0.1) is 58.2 Å². The fourth-order valence-electron chi connectivity index (χ4n) is 8.46. The maximum atomic E-state index is 13.3. The summed E-state index contributed by atoms with van der Waals surface area (Å²) in [6, 6.07) is 2.02. The van der Waals surface area contributed by atoms with Crippen molar-refractivity contribution in [1.82, 2.24) is 9.97 Å². The molecule has 0 radical (unpaired) electrons. The first kappa shape index (κ1) is 22.8. The van der Waals surface area contributed by atoms with Crippen LogP contribution in [-0.2, 0) is 9.53 Å². The van der Waals surface area contributed by atoms with E-state index in [0.717, 1.165) is 55.6 Å². The van der Waals surface area contributed by atoms with Crippen molar-refractivity contribution >= 4 is 11.9 Å². The summed E-state index contributed by atoms with van der Waals surface area (Å²) in [5.41, 5.74) is 0.485. The van der Waals surface area contributed by atoms with Crippen LogP contribution in [0.3, 0.4) is 0 Å². The van der Waals surface area contributed by atoms with Gasteiger partial charge in [0.05, 0.1) is 18.0 Å². The van der Waals surface area contributed by atoms with Crippen molar-refractivity contribution in [3.8, 4) is 6.07 Å². The molecule has 4 fully saturated rings. The Balaban J connectivity index is 1.24. The summed E-state index contributed by atoms with van der Waals surface area (Å²) in [5.74, 6) is 5.27. The highest BCUT2D eigenvalue weighted by molar-refractivity contribution is 5.91. The van der Waals surface area contributed by atoms with Crippen LogP contribution in [0.15, 0.2) is 12.4 Å². The van der Waals surface area contributed by atoms with Gasteiger partial charge in [0.2, 0.25) is 11.9 Å². The van der Waals surface area contributed by atoms with E-state index in [2.05, 4.69) is 29.1 Å². The van der Waals surface area contributed by atoms with Gasteiger partial charge in [-0.15, -0.1) is 0 Å². The summed E-state index contributed by atoms with van der Waals surface area (Å²) in [6.07, 6.45) is 14.3. The zero-order valence-corrected chi connectivity index (χ0v) is 20.1. The Labute approximate surface area is 197 Å². The molecule has 1 aromatic heterocycles. The van der Waals surface area contributed by atoms with Gasteiger partial charge >= 0.3 is 0 Å². The van der Waals surface area contributed by atoms with Gasteiger partial charge in [-0.2, -0.15) is 5.26 Å². The topological polar surface area (TPSA) is 87.9 Å². The summed E-state index contributed by atoms with van der Waals surface area (Å²) < 4.78 is 5.76. The second-order valence-electron chi connectivity index (χ2n) is 11.3. The molecule has 4 saturated carbocycles. The first-order valence-electron chi connectivity index (χ1n) is 13.1. The molecular weight excluding hydrogens is 412 g/mol. The van der Waals surface area contributed by atoms with E-state index in [4.69, 9.17) is 10.00 Å². The lowest BCUT2D eigenvalue weighted by molar-refractivity contribution is -0.127. The Hall–Kier alpha value is -2.00. The quantitative estimate of drug-likeness (QED) is 0.665. The number of hydrogen-bond donors (Lipinski definition) is 1. The molecule has 0 spiro atoms. The van der Waals surface area contributed by atoms with Crippen LogP contribution in [0.5, 0.6) is 0 Å². The fraction of sp³-hybridized carbons (Fsp3) is 0.778. The van der Waals surface area contributed by atoms with Crippen LogP contribution < -0.4 is 5.32 Å². The normalized spacial score (nSPS) is 39.6. The third kappa shape index (κ3) is 4.18. The predicted molar refractivity (Wildman–Crippen MR) is 126 cm³/mol. The van der Waals surface area contributed by atoms with Gasteiger partial charge in [0.15, 0.2) is 0 Å². The largest absolute Gasteiger partial charge is 0.381 e. The molecule has 5 rings (SSSR count). The van der Waals surface area contributed by atoms with Crippen molar-refractivity contribution in [1.29, 1.82) is 5.26 Å². The van der Waals surface area contributed by atoms with Gasteiger partial charge in [0.25, 0.3) is 0 Å². The Morgan fingerprint density at radius 2 is 1.91 bits per heavy atom. The number of nitrogens with zero attached hydrogens (tertiary/aromatic N) is 3. The molecule has 0 bridgehead atoms. The number of nitriles is 1. The summed E-state index contributed by atoms with van der Waals surface area (Å²) in [6.45, 7) is 6.27. The Morgan fingerprint density at radius 3 is 2.67 bits per heavy atom. The van der Waals surface area contributed by atoms with Crippen LogP contribution in [-0.4, -0.2) is 29.1 Å². The summed E-state index contributed by atoms with van der Waals surface area (Å²) in [5, 5.41) is 11.9. The standard InChI is InChI=1S/C27H38N4O2/c1-3-33-16-17-4-6-20-19(12-17)5-7-22-21(20)10-11-27(2)23(22)8-9-24(27)25(32)31-26-29-14-18(13-28)15-30-26/h14-15,17,19-24H,3-12,16H2,1-2H3,(H,29,30,31,32). The molecule has 4 aliphatic carbocycles. The number of rotatable bonds is 5. The number of hydrogen-bond acceptors (Lipinski definition) is 5. The maximum Gasteiger partial charge on any atom is 0.230 e. The lowest BCUT2D eigenvalue weighted by Gasteiger charge is -2.56. The minimum Gasteiger partial charge on any atom is -0.381 e. The zero-order valence-electron chi connectivity index (χ0n) is 20.1. The summed E-state index contributed by atoms with van der Waals surface area (Å²) in [4.78, 5) is 21.6. The molecule has 0 saturated heterocycles.